The molecular weight excluding hydrogens is 186 g/mol. The van der Waals surface area contributed by atoms with Crippen molar-refractivity contribution < 1.29 is 8.94 Å². The Morgan fingerprint density at radius 2 is 2.50 bits per heavy atom. The topological polar surface area (TPSA) is 101 Å². The first kappa shape index (κ1) is 8.33. The normalized spacial score (nSPS) is 9.71. The van der Waals surface area contributed by atoms with Gasteiger partial charge in [-0.2, -0.15) is 4.98 Å². The Bertz CT molecular complexity index is 454. The van der Waals surface area contributed by atoms with Crippen LogP contribution in [0.3, 0.4) is 0 Å². The summed E-state index contributed by atoms with van der Waals surface area (Å²) in [7, 11) is 0. The van der Waals surface area contributed by atoms with E-state index in [2.05, 4.69) is 20.2 Å². The van der Waals surface area contributed by atoms with Crippen molar-refractivity contribution in [3.8, 4) is 11.6 Å². The minimum Gasteiger partial charge on any atom is -0.461 e. The zero-order chi connectivity index (χ0) is 9.80. The monoisotopic (exact) mass is 191 g/mol. The molecule has 0 fully saturated rings. The Labute approximate surface area is 78.0 Å². The van der Waals surface area contributed by atoms with Crippen molar-refractivity contribution in [2.24, 2.45) is 5.11 Å². The van der Waals surface area contributed by atoms with Crippen LogP contribution in [0.15, 0.2) is 32.5 Å². The van der Waals surface area contributed by atoms with Crippen LogP contribution in [0.1, 0.15) is 5.89 Å². The van der Waals surface area contributed by atoms with E-state index in [-0.39, 0.29) is 12.4 Å². The summed E-state index contributed by atoms with van der Waals surface area (Å²) < 4.78 is 9.85. The number of nitrogens with zero attached hydrogens (tertiary/aromatic N) is 5. The maximum Gasteiger partial charge on any atom is 0.238 e. The standard InChI is InChI=1S/C7H5N5O2/c8-12-9-4-6-10-7(11-14-6)5-2-1-3-13-5/h1-3H,4H2. The molecule has 0 aromatic carbocycles. The maximum atomic E-state index is 8.07. The third-order valence-electron chi connectivity index (χ3n) is 1.48. The predicted molar refractivity (Wildman–Crippen MR) is 44.9 cm³/mol. The minimum atomic E-state index is 0.0458. The Morgan fingerprint density at radius 3 is 3.21 bits per heavy atom. The first-order valence-corrected chi connectivity index (χ1v) is 3.77. The number of hydrogen-bond donors (Lipinski definition) is 0. The molecule has 2 rings (SSSR count). The Hall–Kier alpha value is -2.27. The molecule has 2 heterocycles. The fraction of sp³-hybridized carbons (Fsp3) is 0.143. The van der Waals surface area contributed by atoms with Gasteiger partial charge in [-0.3, -0.25) is 0 Å². The molecule has 0 spiro atoms. The van der Waals surface area contributed by atoms with E-state index in [1.807, 2.05) is 0 Å². The lowest BCUT2D eigenvalue weighted by molar-refractivity contribution is 0.379. The molecule has 0 aliphatic rings. The molecule has 0 N–H and O–H groups in total. The van der Waals surface area contributed by atoms with Gasteiger partial charge in [0.1, 0.15) is 6.54 Å². The summed E-state index contributed by atoms with van der Waals surface area (Å²) in [5.74, 6) is 1.12. The van der Waals surface area contributed by atoms with Gasteiger partial charge in [0.2, 0.25) is 11.7 Å². The van der Waals surface area contributed by atoms with Crippen molar-refractivity contribution in [2.45, 2.75) is 6.54 Å². The molecule has 7 nitrogen and oxygen atoms in total. The van der Waals surface area contributed by atoms with Gasteiger partial charge in [0.15, 0.2) is 5.76 Å². The zero-order valence-corrected chi connectivity index (χ0v) is 6.99. The summed E-state index contributed by atoms with van der Waals surface area (Å²) in [6.45, 7) is 0.0458. The number of aromatic nitrogens is 2. The van der Waals surface area contributed by atoms with E-state index in [1.54, 1.807) is 12.1 Å². The van der Waals surface area contributed by atoms with E-state index >= 15 is 0 Å². The molecule has 0 unspecified atom stereocenters. The molecule has 0 aliphatic heterocycles. The molecule has 70 valence electrons. The van der Waals surface area contributed by atoms with Crippen molar-refractivity contribution in [1.82, 2.24) is 10.1 Å². The van der Waals surface area contributed by atoms with Gasteiger partial charge in [0.05, 0.1) is 6.26 Å². The second-order valence-electron chi connectivity index (χ2n) is 2.38. The fourth-order valence-corrected chi connectivity index (χ4v) is 0.917. The van der Waals surface area contributed by atoms with Gasteiger partial charge in [-0.25, -0.2) is 0 Å². The van der Waals surface area contributed by atoms with Crippen molar-refractivity contribution in [2.75, 3.05) is 0 Å². The van der Waals surface area contributed by atoms with Gasteiger partial charge in [0.25, 0.3) is 0 Å². The largest absolute Gasteiger partial charge is 0.461 e. The number of azide groups is 1. The smallest absolute Gasteiger partial charge is 0.238 e. The van der Waals surface area contributed by atoms with Gasteiger partial charge < -0.3 is 8.94 Å². The molecule has 0 radical (unpaired) electrons. The van der Waals surface area contributed by atoms with E-state index in [0.29, 0.717) is 11.6 Å². The third kappa shape index (κ3) is 1.57. The van der Waals surface area contributed by atoms with E-state index in [4.69, 9.17) is 14.5 Å². The van der Waals surface area contributed by atoms with Crippen LogP contribution in [0.25, 0.3) is 22.0 Å². The summed E-state index contributed by atoms with van der Waals surface area (Å²) in [5.41, 5.74) is 8.07. The molecular formula is C7H5N5O2. The molecule has 2 aromatic heterocycles. The molecule has 0 bridgehead atoms. The van der Waals surface area contributed by atoms with Crippen LogP contribution >= 0.6 is 0 Å². The lowest BCUT2D eigenvalue weighted by Gasteiger charge is -1.81. The van der Waals surface area contributed by atoms with Crippen LogP contribution in [-0.4, -0.2) is 10.1 Å². The van der Waals surface area contributed by atoms with Crippen LogP contribution in [0, 0.1) is 0 Å². The van der Waals surface area contributed by atoms with E-state index in [9.17, 15) is 0 Å². The summed E-state index contributed by atoms with van der Waals surface area (Å²) in [4.78, 5) is 6.53. The van der Waals surface area contributed by atoms with Crippen LogP contribution in [0.4, 0.5) is 0 Å². The highest BCUT2D eigenvalue weighted by atomic mass is 16.5. The van der Waals surface area contributed by atoms with Gasteiger partial charge in [-0.05, 0) is 17.7 Å². The van der Waals surface area contributed by atoms with Crippen molar-refractivity contribution in [1.29, 1.82) is 0 Å². The minimum absolute atomic E-state index is 0.0458. The van der Waals surface area contributed by atoms with E-state index < -0.39 is 0 Å². The molecule has 14 heavy (non-hydrogen) atoms. The van der Waals surface area contributed by atoms with Gasteiger partial charge in [-0.15, -0.1) is 0 Å². The summed E-state index contributed by atoms with van der Waals surface area (Å²) in [6, 6.07) is 3.43. The third-order valence-corrected chi connectivity index (χ3v) is 1.48. The van der Waals surface area contributed by atoms with Gasteiger partial charge in [-0.1, -0.05) is 10.3 Å². The lowest BCUT2D eigenvalue weighted by atomic mass is 10.4. The summed E-state index contributed by atoms with van der Waals surface area (Å²) in [6.07, 6.45) is 1.51. The van der Waals surface area contributed by atoms with Gasteiger partial charge in [0, 0.05) is 4.91 Å². The number of hydrogen-bond acceptors (Lipinski definition) is 5. The molecule has 2 aromatic rings. The van der Waals surface area contributed by atoms with Crippen molar-refractivity contribution in [3.63, 3.8) is 0 Å². The first-order chi connectivity index (χ1) is 6.90. The molecule has 0 saturated carbocycles. The molecule has 0 saturated heterocycles. The molecule has 0 aliphatic carbocycles. The molecule has 0 atom stereocenters. The number of furan rings is 1. The Kier molecular flexibility index (Phi) is 2.16. The lowest BCUT2D eigenvalue weighted by Crippen LogP contribution is -1.79. The average molecular weight is 191 g/mol. The second kappa shape index (κ2) is 3.63. The molecule has 7 heteroatoms. The molecule has 0 amide bonds. The Balaban J connectivity index is 2.22. The first-order valence-electron chi connectivity index (χ1n) is 3.77. The SMILES string of the molecule is [N-]=[N+]=NCc1nc(-c2ccco2)no1. The highest BCUT2D eigenvalue weighted by Crippen LogP contribution is 2.15. The van der Waals surface area contributed by atoms with Crippen LogP contribution < -0.4 is 0 Å². The van der Waals surface area contributed by atoms with Crippen LogP contribution in [-0.2, 0) is 6.54 Å². The summed E-state index contributed by atoms with van der Waals surface area (Å²) >= 11 is 0. The highest BCUT2D eigenvalue weighted by molar-refractivity contribution is 5.44. The average Bonchev–Trinajstić information content (AvgIpc) is 2.85. The van der Waals surface area contributed by atoms with E-state index in [0.717, 1.165) is 0 Å². The van der Waals surface area contributed by atoms with E-state index in [1.165, 1.54) is 6.26 Å². The maximum absolute atomic E-state index is 8.07. The van der Waals surface area contributed by atoms with Crippen molar-refractivity contribution in [3.05, 3.63) is 34.7 Å². The highest BCUT2D eigenvalue weighted by Gasteiger charge is 2.09. The zero-order valence-electron chi connectivity index (χ0n) is 6.99. The quantitative estimate of drug-likeness (QED) is 0.421. The number of rotatable bonds is 3. The summed E-state index contributed by atoms with van der Waals surface area (Å²) in [5, 5.41) is 6.94. The van der Waals surface area contributed by atoms with Gasteiger partial charge >= 0.3 is 0 Å². The fourth-order valence-electron chi connectivity index (χ4n) is 0.917. The Morgan fingerprint density at radius 1 is 1.57 bits per heavy atom. The van der Waals surface area contributed by atoms with Crippen LogP contribution in [0.2, 0.25) is 0 Å². The second-order valence-corrected chi connectivity index (χ2v) is 2.38. The van der Waals surface area contributed by atoms with Crippen LogP contribution in [0.5, 0.6) is 0 Å². The predicted octanol–water partition coefficient (Wildman–Crippen LogP) is 2.14. The van der Waals surface area contributed by atoms with Crippen molar-refractivity contribution >= 4 is 0 Å².